The fourth-order valence-electron chi connectivity index (χ4n) is 3.10. The number of halogens is 1. The van der Waals surface area contributed by atoms with Crippen molar-refractivity contribution in [3.8, 4) is 0 Å². The topological polar surface area (TPSA) is 49.9 Å². The van der Waals surface area contributed by atoms with Crippen LogP contribution in [0.3, 0.4) is 0 Å². The van der Waals surface area contributed by atoms with E-state index >= 15 is 0 Å². The van der Waals surface area contributed by atoms with Gasteiger partial charge in [-0.2, -0.15) is 4.31 Å². The average molecular weight is 399 g/mol. The molecule has 0 N–H and O–H groups in total. The molecule has 142 valence electrons. The summed E-state index contributed by atoms with van der Waals surface area (Å²) in [7, 11) is -3.63. The van der Waals surface area contributed by atoms with Gasteiger partial charge in [-0.3, -0.25) is 0 Å². The summed E-state index contributed by atoms with van der Waals surface area (Å²) in [6, 6.07) is 7.34. The number of hydrogen-bond donors (Lipinski definition) is 0. The monoisotopic (exact) mass is 398 g/mol. The highest BCUT2D eigenvalue weighted by atomic mass is 32.2. The molecule has 0 saturated carbocycles. The molecule has 1 aliphatic heterocycles. The zero-order chi connectivity index (χ0) is 18.7. The maximum atomic E-state index is 13.2. The lowest BCUT2D eigenvalue weighted by atomic mass is 10.1. The zero-order valence-corrected chi connectivity index (χ0v) is 16.5. The summed E-state index contributed by atoms with van der Waals surface area (Å²) in [5, 5.41) is 1.88. The lowest BCUT2D eigenvalue weighted by molar-refractivity contribution is 0.122. The number of anilines is 1. The van der Waals surface area contributed by atoms with Gasteiger partial charge in [0, 0.05) is 36.7 Å². The van der Waals surface area contributed by atoms with E-state index in [1.54, 1.807) is 18.2 Å². The van der Waals surface area contributed by atoms with E-state index in [-0.39, 0.29) is 11.9 Å². The summed E-state index contributed by atoms with van der Waals surface area (Å²) < 4.78 is 46.6. The second-order valence-electron chi connectivity index (χ2n) is 6.16. The van der Waals surface area contributed by atoms with Gasteiger partial charge in [-0.1, -0.05) is 19.1 Å². The summed E-state index contributed by atoms with van der Waals surface area (Å²) in [5.74, 6) is -0.333. The summed E-state index contributed by atoms with van der Waals surface area (Å²) in [6.45, 7) is 6.81. The highest BCUT2D eigenvalue weighted by molar-refractivity contribution is 7.91. The first-order chi connectivity index (χ1) is 12.4. The fourth-order valence-corrected chi connectivity index (χ4v) is 6.04. The lowest BCUT2D eigenvalue weighted by Gasteiger charge is -2.28. The molecule has 0 amide bonds. The van der Waals surface area contributed by atoms with E-state index in [4.69, 9.17) is 4.74 Å². The van der Waals surface area contributed by atoms with Crippen LogP contribution in [-0.2, 0) is 14.8 Å². The Labute approximate surface area is 158 Å². The minimum atomic E-state index is -3.63. The van der Waals surface area contributed by atoms with Crippen molar-refractivity contribution in [1.82, 2.24) is 4.31 Å². The molecule has 3 rings (SSSR count). The molecule has 1 atom stereocenters. The Hall–Kier alpha value is -1.48. The lowest BCUT2D eigenvalue weighted by Crippen LogP contribution is -2.36. The standard InChI is InChI=1S/C18H23FN2O3S2/c1-3-21(14(2)15-4-6-16(19)7-5-15)26(22,23)18-12-17(13-25-18)20-8-10-24-11-9-20/h4-7,12-14H,3,8-11H2,1-2H3. The Balaban J connectivity index is 1.85. The van der Waals surface area contributed by atoms with Crippen molar-refractivity contribution >= 4 is 27.0 Å². The molecule has 1 fully saturated rings. The molecule has 2 aromatic rings. The number of nitrogens with zero attached hydrogens (tertiary/aromatic N) is 2. The van der Waals surface area contributed by atoms with Gasteiger partial charge in [0.05, 0.1) is 13.2 Å². The van der Waals surface area contributed by atoms with Crippen molar-refractivity contribution in [2.24, 2.45) is 0 Å². The molecule has 1 aromatic heterocycles. The number of ether oxygens (including phenoxy) is 1. The predicted molar refractivity (Wildman–Crippen MR) is 102 cm³/mol. The number of rotatable bonds is 6. The molecule has 1 aromatic carbocycles. The minimum Gasteiger partial charge on any atom is -0.378 e. The Kier molecular flexibility index (Phi) is 5.96. The van der Waals surface area contributed by atoms with Crippen molar-refractivity contribution in [3.63, 3.8) is 0 Å². The number of hydrogen-bond acceptors (Lipinski definition) is 5. The number of benzene rings is 1. The molecule has 0 bridgehead atoms. The van der Waals surface area contributed by atoms with Gasteiger partial charge in [0.25, 0.3) is 10.0 Å². The van der Waals surface area contributed by atoms with Crippen molar-refractivity contribution in [2.75, 3.05) is 37.7 Å². The van der Waals surface area contributed by atoms with Gasteiger partial charge in [-0.25, -0.2) is 12.8 Å². The first-order valence-corrected chi connectivity index (χ1v) is 10.9. The highest BCUT2D eigenvalue weighted by Gasteiger charge is 2.30. The molecular weight excluding hydrogens is 375 g/mol. The molecule has 0 radical (unpaired) electrons. The van der Waals surface area contributed by atoms with Crippen LogP contribution in [0.25, 0.3) is 0 Å². The van der Waals surface area contributed by atoms with Crippen molar-refractivity contribution in [3.05, 3.63) is 47.1 Å². The van der Waals surface area contributed by atoms with E-state index in [0.29, 0.717) is 24.0 Å². The Morgan fingerprint density at radius 2 is 1.92 bits per heavy atom. The molecular formula is C18H23FN2O3S2. The van der Waals surface area contributed by atoms with Crippen LogP contribution in [-0.4, -0.2) is 45.6 Å². The Morgan fingerprint density at radius 3 is 2.54 bits per heavy atom. The molecule has 2 heterocycles. The van der Waals surface area contributed by atoms with Gasteiger partial charge in [-0.05, 0) is 30.7 Å². The number of morpholine rings is 1. The summed E-state index contributed by atoms with van der Waals surface area (Å²) in [4.78, 5) is 2.14. The first kappa shape index (κ1) is 19.3. The van der Waals surface area contributed by atoms with Gasteiger partial charge < -0.3 is 9.64 Å². The normalized spacial score (nSPS) is 16.8. The van der Waals surface area contributed by atoms with Crippen molar-refractivity contribution < 1.29 is 17.5 Å². The van der Waals surface area contributed by atoms with Gasteiger partial charge >= 0.3 is 0 Å². The maximum Gasteiger partial charge on any atom is 0.253 e. The van der Waals surface area contributed by atoms with Crippen LogP contribution in [0, 0.1) is 5.82 Å². The van der Waals surface area contributed by atoms with Crippen molar-refractivity contribution in [2.45, 2.75) is 24.1 Å². The van der Waals surface area contributed by atoms with Crippen molar-refractivity contribution in [1.29, 1.82) is 0 Å². The molecule has 26 heavy (non-hydrogen) atoms. The third-order valence-electron chi connectivity index (χ3n) is 4.60. The van der Waals surface area contributed by atoms with E-state index < -0.39 is 10.0 Å². The van der Waals surface area contributed by atoms with Crippen LogP contribution < -0.4 is 4.90 Å². The molecule has 1 unspecified atom stereocenters. The smallest absolute Gasteiger partial charge is 0.253 e. The van der Waals surface area contributed by atoms with Gasteiger partial charge in [0.1, 0.15) is 10.0 Å². The molecule has 5 nitrogen and oxygen atoms in total. The molecule has 1 saturated heterocycles. The zero-order valence-electron chi connectivity index (χ0n) is 14.9. The Morgan fingerprint density at radius 1 is 1.27 bits per heavy atom. The molecule has 8 heteroatoms. The van der Waals surface area contributed by atoms with E-state index in [1.807, 2.05) is 19.2 Å². The SMILES string of the molecule is CCN(C(C)c1ccc(F)cc1)S(=O)(=O)c1cc(N2CCOCC2)cs1. The van der Waals surface area contributed by atoms with Crippen LogP contribution in [0.1, 0.15) is 25.5 Å². The Bertz CT molecular complexity index is 830. The van der Waals surface area contributed by atoms with Gasteiger partial charge in [0.2, 0.25) is 0 Å². The quantitative estimate of drug-likeness (QED) is 0.747. The number of thiophene rings is 1. The summed E-state index contributed by atoms with van der Waals surface area (Å²) in [5.41, 5.74) is 1.68. The number of sulfonamides is 1. The van der Waals surface area contributed by atoms with Crippen LogP contribution in [0.2, 0.25) is 0 Å². The average Bonchev–Trinajstić information content (AvgIpc) is 3.14. The molecule has 1 aliphatic rings. The molecule has 0 aliphatic carbocycles. The third kappa shape index (κ3) is 3.93. The van der Waals surface area contributed by atoms with Crippen LogP contribution in [0.15, 0.2) is 39.9 Å². The first-order valence-electron chi connectivity index (χ1n) is 8.62. The second-order valence-corrected chi connectivity index (χ2v) is 9.19. The maximum absolute atomic E-state index is 13.2. The summed E-state index contributed by atoms with van der Waals surface area (Å²) in [6.07, 6.45) is 0. The van der Waals surface area contributed by atoms with Gasteiger partial charge in [-0.15, -0.1) is 11.3 Å². The second kappa shape index (κ2) is 8.04. The van der Waals surface area contributed by atoms with Crippen LogP contribution in [0.5, 0.6) is 0 Å². The van der Waals surface area contributed by atoms with Crippen LogP contribution in [0.4, 0.5) is 10.1 Å². The van der Waals surface area contributed by atoms with Gasteiger partial charge in [0.15, 0.2) is 0 Å². The minimum absolute atomic E-state index is 0.329. The summed E-state index contributed by atoms with van der Waals surface area (Å²) >= 11 is 1.24. The molecule has 0 spiro atoms. The third-order valence-corrected chi connectivity index (χ3v) is 8.05. The van der Waals surface area contributed by atoms with E-state index in [0.717, 1.165) is 24.3 Å². The largest absolute Gasteiger partial charge is 0.378 e. The highest BCUT2D eigenvalue weighted by Crippen LogP contribution is 2.33. The van der Waals surface area contributed by atoms with E-state index in [9.17, 15) is 12.8 Å². The van der Waals surface area contributed by atoms with E-state index in [2.05, 4.69) is 4.90 Å². The van der Waals surface area contributed by atoms with Crippen LogP contribution >= 0.6 is 11.3 Å². The predicted octanol–water partition coefficient (Wildman–Crippen LogP) is 3.50. The van der Waals surface area contributed by atoms with E-state index in [1.165, 1.54) is 27.8 Å². The fraction of sp³-hybridized carbons (Fsp3) is 0.444.